The number of rotatable bonds is 6. The summed E-state index contributed by atoms with van der Waals surface area (Å²) in [5, 5.41) is 3.47. The third-order valence-corrected chi connectivity index (χ3v) is 3.34. The maximum Gasteiger partial charge on any atom is 0.130 e. The Hall–Kier alpha value is -1.68. The SMILES string of the molecule is CCCNC(c1cc(C)cc(F)c1)c1nccn1CC. The van der Waals surface area contributed by atoms with E-state index in [1.54, 1.807) is 18.3 Å². The molecule has 0 amide bonds. The molecule has 1 unspecified atom stereocenters. The summed E-state index contributed by atoms with van der Waals surface area (Å²) in [6, 6.07) is 5.09. The van der Waals surface area contributed by atoms with Crippen molar-refractivity contribution >= 4 is 0 Å². The van der Waals surface area contributed by atoms with Gasteiger partial charge in [0.05, 0.1) is 6.04 Å². The average molecular weight is 275 g/mol. The van der Waals surface area contributed by atoms with E-state index in [2.05, 4.69) is 28.7 Å². The van der Waals surface area contributed by atoms with Gasteiger partial charge in [-0.2, -0.15) is 0 Å². The van der Waals surface area contributed by atoms with Crippen LogP contribution in [0.15, 0.2) is 30.6 Å². The molecule has 3 nitrogen and oxygen atoms in total. The van der Waals surface area contributed by atoms with Gasteiger partial charge in [0.25, 0.3) is 0 Å². The van der Waals surface area contributed by atoms with Crippen molar-refractivity contribution < 1.29 is 4.39 Å². The Labute approximate surface area is 119 Å². The van der Waals surface area contributed by atoms with E-state index in [1.807, 2.05) is 19.2 Å². The summed E-state index contributed by atoms with van der Waals surface area (Å²) in [6.45, 7) is 7.84. The van der Waals surface area contributed by atoms with Crippen molar-refractivity contribution in [3.8, 4) is 0 Å². The molecule has 0 saturated heterocycles. The van der Waals surface area contributed by atoms with Crippen molar-refractivity contribution in [2.24, 2.45) is 0 Å². The van der Waals surface area contributed by atoms with E-state index >= 15 is 0 Å². The van der Waals surface area contributed by atoms with Crippen LogP contribution in [0.3, 0.4) is 0 Å². The molecule has 1 aromatic heterocycles. The highest BCUT2D eigenvalue weighted by Gasteiger charge is 2.19. The minimum atomic E-state index is -0.196. The minimum absolute atomic E-state index is 0.0701. The van der Waals surface area contributed by atoms with Crippen LogP contribution in [0.5, 0.6) is 0 Å². The van der Waals surface area contributed by atoms with Crippen molar-refractivity contribution in [1.82, 2.24) is 14.9 Å². The number of halogens is 1. The van der Waals surface area contributed by atoms with Gasteiger partial charge in [0.15, 0.2) is 0 Å². The molecule has 0 radical (unpaired) electrons. The van der Waals surface area contributed by atoms with Crippen LogP contribution in [0.25, 0.3) is 0 Å². The number of aromatic nitrogens is 2. The van der Waals surface area contributed by atoms with Gasteiger partial charge >= 0.3 is 0 Å². The average Bonchev–Trinajstić information content (AvgIpc) is 2.86. The largest absolute Gasteiger partial charge is 0.334 e. The van der Waals surface area contributed by atoms with E-state index in [-0.39, 0.29) is 11.9 Å². The van der Waals surface area contributed by atoms with Crippen LogP contribution < -0.4 is 5.32 Å². The topological polar surface area (TPSA) is 29.9 Å². The van der Waals surface area contributed by atoms with Crippen LogP contribution in [-0.2, 0) is 6.54 Å². The lowest BCUT2D eigenvalue weighted by Gasteiger charge is -2.20. The molecule has 20 heavy (non-hydrogen) atoms. The quantitative estimate of drug-likeness (QED) is 0.875. The molecule has 0 bridgehead atoms. The van der Waals surface area contributed by atoms with Gasteiger partial charge in [-0.1, -0.05) is 13.0 Å². The smallest absolute Gasteiger partial charge is 0.130 e. The third kappa shape index (κ3) is 3.25. The molecule has 0 fully saturated rings. The highest BCUT2D eigenvalue weighted by atomic mass is 19.1. The van der Waals surface area contributed by atoms with Crippen LogP contribution in [-0.4, -0.2) is 16.1 Å². The van der Waals surface area contributed by atoms with Gasteiger partial charge in [0.2, 0.25) is 0 Å². The lowest BCUT2D eigenvalue weighted by molar-refractivity contribution is 0.536. The van der Waals surface area contributed by atoms with Crippen molar-refractivity contribution in [3.63, 3.8) is 0 Å². The summed E-state index contributed by atoms with van der Waals surface area (Å²) in [5.74, 6) is 0.740. The zero-order valence-electron chi connectivity index (χ0n) is 12.4. The van der Waals surface area contributed by atoms with E-state index in [9.17, 15) is 4.39 Å². The van der Waals surface area contributed by atoms with Crippen molar-refractivity contribution in [2.75, 3.05) is 6.54 Å². The van der Waals surface area contributed by atoms with Crippen LogP contribution >= 0.6 is 0 Å². The molecule has 1 N–H and O–H groups in total. The molecule has 1 atom stereocenters. The Kier molecular flexibility index (Phi) is 4.90. The first-order valence-electron chi connectivity index (χ1n) is 7.17. The van der Waals surface area contributed by atoms with Crippen molar-refractivity contribution in [1.29, 1.82) is 0 Å². The number of imidazole rings is 1. The van der Waals surface area contributed by atoms with Crippen molar-refractivity contribution in [2.45, 2.75) is 39.8 Å². The second-order valence-electron chi connectivity index (χ2n) is 5.02. The maximum absolute atomic E-state index is 13.7. The first-order valence-corrected chi connectivity index (χ1v) is 7.17. The van der Waals surface area contributed by atoms with Crippen LogP contribution in [0.1, 0.15) is 43.3 Å². The van der Waals surface area contributed by atoms with Gasteiger partial charge in [-0.05, 0) is 50.1 Å². The third-order valence-electron chi connectivity index (χ3n) is 3.34. The number of aryl methyl sites for hydroxylation is 2. The number of hydrogen-bond acceptors (Lipinski definition) is 2. The Bertz CT molecular complexity index is 542. The Morgan fingerprint density at radius 1 is 1.30 bits per heavy atom. The first kappa shape index (κ1) is 14.7. The molecule has 2 aromatic rings. The minimum Gasteiger partial charge on any atom is -0.334 e. The predicted octanol–water partition coefficient (Wildman–Crippen LogP) is 3.44. The second-order valence-corrected chi connectivity index (χ2v) is 5.02. The molecular weight excluding hydrogens is 253 g/mol. The molecule has 0 saturated carbocycles. The first-order chi connectivity index (χ1) is 9.65. The summed E-state index contributed by atoms with van der Waals surface area (Å²) < 4.78 is 15.8. The summed E-state index contributed by atoms with van der Waals surface area (Å²) in [5.41, 5.74) is 1.86. The molecular formula is C16H22FN3. The fraction of sp³-hybridized carbons (Fsp3) is 0.438. The Morgan fingerprint density at radius 2 is 2.10 bits per heavy atom. The summed E-state index contributed by atoms with van der Waals surface area (Å²) >= 11 is 0. The molecule has 0 aliphatic rings. The van der Waals surface area contributed by atoms with Crippen LogP contribution in [0.2, 0.25) is 0 Å². The highest BCUT2D eigenvalue weighted by Crippen LogP contribution is 2.23. The van der Waals surface area contributed by atoms with Gasteiger partial charge in [0.1, 0.15) is 11.6 Å². The predicted molar refractivity (Wildman–Crippen MR) is 79.2 cm³/mol. The van der Waals surface area contributed by atoms with Gasteiger partial charge in [0, 0.05) is 18.9 Å². The Morgan fingerprint density at radius 3 is 2.75 bits per heavy atom. The molecule has 0 aliphatic carbocycles. The van der Waals surface area contributed by atoms with Crippen LogP contribution in [0.4, 0.5) is 4.39 Å². The fourth-order valence-corrected chi connectivity index (χ4v) is 2.43. The van der Waals surface area contributed by atoms with Gasteiger partial charge in [-0.25, -0.2) is 9.37 Å². The summed E-state index contributed by atoms with van der Waals surface area (Å²) in [4.78, 5) is 4.45. The van der Waals surface area contributed by atoms with Crippen LogP contribution in [0, 0.1) is 12.7 Å². The number of hydrogen-bond donors (Lipinski definition) is 1. The fourth-order valence-electron chi connectivity index (χ4n) is 2.43. The number of nitrogens with zero attached hydrogens (tertiary/aromatic N) is 2. The van der Waals surface area contributed by atoms with Gasteiger partial charge < -0.3 is 9.88 Å². The zero-order valence-corrected chi connectivity index (χ0v) is 12.4. The number of nitrogens with one attached hydrogen (secondary N) is 1. The monoisotopic (exact) mass is 275 g/mol. The second kappa shape index (κ2) is 6.66. The molecule has 0 spiro atoms. The van der Waals surface area contributed by atoms with E-state index in [1.165, 1.54) is 0 Å². The summed E-state index contributed by atoms with van der Waals surface area (Å²) in [7, 11) is 0. The molecule has 0 aliphatic heterocycles. The van der Waals surface area contributed by atoms with Gasteiger partial charge in [-0.3, -0.25) is 0 Å². The van der Waals surface area contributed by atoms with E-state index < -0.39 is 0 Å². The molecule has 2 rings (SSSR count). The standard InChI is InChI=1S/C16H22FN3/c1-4-6-18-15(16-19-7-8-20(16)5-2)13-9-12(3)10-14(17)11-13/h7-11,15,18H,4-6H2,1-3H3. The van der Waals surface area contributed by atoms with E-state index in [0.29, 0.717) is 0 Å². The zero-order chi connectivity index (χ0) is 14.5. The van der Waals surface area contributed by atoms with Gasteiger partial charge in [-0.15, -0.1) is 0 Å². The Balaban J connectivity index is 2.41. The molecule has 4 heteroatoms. The van der Waals surface area contributed by atoms with Crippen molar-refractivity contribution in [3.05, 3.63) is 53.4 Å². The van der Waals surface area contributed by atoms with E-state index in [4.69, 9.17) is 0 Å². The summed E-state index contributed by atoms with van der Waals surface area (Å²) in [6.07, 6.45) is 4.78. The molecule has 1 aromatic carbocycles. The lowest BCUT2D eigenvalue weighted by Crippen LogP contribution is -2.26. The normalized spacial score (nSPS) is 12.6. The maximum atomic E-state index is 13.7. The lowest BCUT2D eigenvalue weighted by atomic mass is 10.0. The van der Waals surface area contributed by atoms with E-state index in [0.717, 1.165) is 36.5 Å². The molecule has 108 valence electrons. The molecule has 1 heterocycles. The number of benzene rings is 1. The highest BCUT2D eigenvalue weighted by molar-refractivity contribution is 5.30.